The summed E-state index contributed by atoms with van der Waals surface area (Å²) < 4.78 is 6.08. The maximum Gasteiger partial charge on any atom is 0.138 e. The van der Waals surface area contributed by atoms with Gasteiger partial charge in [0.05, 0.1) is 17.7 Å². The third-order valence-corrected chi connectivity index (χ3v) is 3.65. The molecule has 0 saturated carbocycles. The number of aliphatic hydroxyl groups excluding tert-OH is 1. The molecule has 0 bridgehead atoms. The molecule has 2 unspecified atom stereocenters. The molecule has 1 N–H and O–H groups in total. The highest BCUT2D eigenvalue weighted by Gasteiger charge is 2.21. The maximum absolute atomic E-state index is 10.3. The zero-order valence-corrected chi connectivity index (χ0v) is 12.7. The first-order chi connectivity index (χ1) is 8.01. The molecule has 96 valence electrons. The summed E-state index contributed by atoms with van der Waals surface area (Å²) in [5.41, 5.74) is 0.743. The molecule has 2 atom stereocenters. The van der Waals surface area contributed by atoms with Crippen LogP contribution in [-0.4, -0.2) is 12.2 Å². The Morgan fingerprint density at radius 1 is 1.47 bits per heavy atom. The lowest BCUT2D eigenvalue weighted by molar-refractivity contribution is 0.109. The minimum atomic E-state index is -0.556. The monoisotopic (exact) mass is 320 g/mol. The van der Waals surface area contributed by atoms with Gasteiger partial charge in [0.15, 0.2) is 0 Å². The Labute approximate surface area is 116 Å². The fraction of sp³-hybridized carbons (Fsp3) is 0.538. The second kappa shape index (κ2) is 6.62. The van der Waals surface area contributed by atoms with E-state index >= 15 is 0 Å². The highest BCUT2D eigenvalue weighted by atomic mass is 79.9. The largest absolute Gasteiger partial charge is 0.495 e. The third-order valence-electron chi connectivity index (χ3n) is 2.84. The first kappa shape index (κ1) is 14.8. The van der Waals surface area contributed by atoms with Gasteiger partial charge in [-0.3, -0.25) is 0 Å². The number of rotatable bonds is 5. The van der Waals surface area contributed by atoms with E-state index < -0.39 is 6.10 Å². The molecule has 0 amide bonds. The molecule has 0 aromatic heterocycles. The van der Waals surface area contributed by atoms with Crippen molar-refractivity contribution in [2.24, 2.45) is 5.92 Å². The van der Waals surface area contributed by atoms with Gasteiger partial charge in [0.2, 0.25) is 0 Å². The highest BCUT2D eigenvalue weighted by Crippen LogP contribution is 2.39. The van der Waals surface area contributed by atoms with E-state index in [-0.39, 0.29) is 5.92 Å². The van der Waals surface area contributed by atoms with Gasteiger partial charge in [-0.1, -0.05) is 31.9 Å². The van der Waals surface area contributed by atoms with Crippen molar-refractivity contribution in [1.29, 1.82) is 0 Å². The standard InChI is InChI=1S/C13H18BrClO2/c1-4-5-8(2)12(16)10-6-9(15)7-11(14)13(10)17-3/h6-8,12,16H,4-5H2,1-3H3. The fourth-order valence-electron chi connectivity index (χ4n) is 1.94. The van der Waals surface area contributed by atoms with Crippen molar-refractivity contribution in [2.45, 2.75) is 32.8 Å². The Morgan fingerprint density at radius 2 is 2.12 bits per heavy atom. The molecular formula is C13H18BrClO2. The number of methoxy groups -OCH3 is 1. The summed E-state index contributed by atoms with van der Waals surface area (Å²) in [4.78, 5) is 0. The Balaban J connectivity index is 3.11. The number of aliphatic hydroxyl groups is 1. The van der Waals surface area contributed by atoms with Crippen LogP contribution in [0.2, 0.25) is 5.02 Å². The van der Waals surface area contributed by atoms with Crippen LogP contribution in [0.3, 0.4) is 0 Å². The van der Waals surface area contributed by atoms with Crippen molar-refractivity contribution in [3.8, 4) is 5.75 Å². The number of ether oxygens (including phenoxy) is 1. The fourth-order valence-corrected chi connectivity index (χ4v) is 2.93. The molecular weight excluding hydrogens is 303 g/mol. The molecule has 4 heteroatoms. The smallest absolute Gasteiger partial charge is 0.138 e. The molecule has 1 rings (SSSR count). The molecule has 0 saturated heterocycles. The van der Waals surface area contributed by atoms with Crippen LogP contribution in [0.5, 0.6) is 5.75 Å². The van der Waals surface area contributed by atoms with Crippen LogP contribution in [0.15, 0.2) is 16.6 Å². The first-order valence-corrected chi connectivity index (χ1v) is 6.89. The first-order valence-electron chi connectivity index (χ1n) is 5.72. The maximum atomic E-state index is 10.3. The van der Waals surface area contributed by atoms with Crippen LogP contribution < -0.4 is 4.74 Å². The van der Waals surface area contributed by atoms with E-state index in [0.29, 0.717) is 10.8 Å². The number of benzene rings is 1. The van der Waals surface area contributed by atoms with Crippen molar-refractivity contribution in [3.63, 3.8) is 0 Å². The average Bonchev–Trinajstić information content (AvgIpc) is 2.27. The molecule has 0 radical (unpaired) electrons. The van der Waals surface area contributed by atoms with Crippen molar-refractivity contribution < 1.29 is 9.84 Å². The summed E-state index contributed by atoms with van der Waals surface area (Å²) in [5, 5.41) is 10.9. The molecule has 0 aliphatic rings. The van der Waals surface area contributed by atoms with E-state index in [9.17, 15) is 5.11 Å². The van der Waals surface area contributed by atoms with Gasteiger partial charge in [-0.15, -0.1) is 0 Å². The lowest BCUT2D eigenvalue weighted by atomic mass is 9.93. The molecule has 0 fully saturated rings. The van der Waals surface area contributed by atoms with E-state index in [1.807, 2.05) is 6.92 Å². The zero-order chi connectivity index (χ0) is 13.0. The summed E-state index contributed by atoms with van der Waals surface area (Å²) in [6.45, 7) is 4.14. The summed E-state index contributed by atoms with van der Waals surface area (Å²) in [6, 6.07) is 3.53. The zero-order valence-electron chi connectivity index (χ0n) is 10.3. The van der Waals surface area contributed by atoms with E-state index in [1.54, 1.807) is 19.2 Å². The third kappa shape index (κ3) is 3.60. The molecule has 1 aromatic carbocycles. The van der Waals surface area contributed by atoms with Crippen molar-refractivity contribution in [1.82, 2.24) is 0 Å². The quantitative estimate of drug-likeness (QED) is 0.860. The second-order valence-corrected chi connectivity index (χ2v) is 5.51. The van der Waals surface area contributed by atoms with Crippen LogP contribution in [0.25, 0.3) is 0 Å². The van der Waals surface area contributed by atoms with Gasteiger partial charge in [-0.25, -0.2) is 0 Å². The van der Waals surface area contributed by atoms with Crippen LogP contribution >= 0.6 is 27.5 Å². The molecule has 0 aliphatic heterocycles. The van der Waals surface area contributed by atoms with E-state index in [2.05, 4.69) is 22.9 Å². The van der Waals surface area contributed by atoms with E-state index in [1.165, 1.54) is 0 Å². The van der Waals surface area contributed by atoms with Crippen LogP contribution in [-0.2, 0) is 0 Å². The van der Waals surface area contributed by atoms with Crippen molar-refractivity contribution in [3.05, 3.63) is 27.2 Å². The number of halogens is 2. The Hall–Kier alpha value is -0.250. The predicted molar refractivity (Wildman–Crippen MR) is 74.7 cm³/mol. The van der Waals surface area contributed by atoms with Gasteiger partial charge in [0.25, 0.3) is 0 Å². The van der Waals surface area contributed by atoms with Gasteiger partial charge < -0.3 is 9.84 Å². The molecule has 2 nitrogen and oxygen atoms in total. The second-order valence-electron chi connectivity index (χ2n) is 4.22. The Bertz CT molecular complexity index is 382. The van der Waals surface area contributed by atoms with Crippen LogP contribution in [0.1, 0.15) is 38.4 Å². The Morgan fingerprint density at radius 3 is 2.65 bits per heavy atom. The SMILES string of the molecule is CCCC(C)C(O)c1cc(Cl)cc(Br)c1OC. The minimum absolute atomic E-state index is 0.180. The minimum Gasteiger partial charge on any atom is -0.495 e. The van der Waals surface area contributed by atoms with Crippen LogP contribution in [0.4, 0.5) is 0 Å². The number of hydrogen-bond donors (Lipinski definition) is 1. The summed E-state index contributed by atoms with van der Waals surface area (Å²) in [5.74, 6) is 0.837. The van der Waals surface area contributed by atoms with Gasteiger partial charge in [-0.2, -0.15) is 0 Å². The molecule has 0 aliphatic carbocycles. The normalized spacial score (nSPS) is 14.5. The van der Waals surface area contributed by atoms with Gasteiger partial charge in [0, 0.05) is 10.6 Å². The van der Waals surface area contributed by atoms with Gasteiger partial charge in [-0.05, 0) is 40.4 Å². The van der Waals surface area contributed by atoms with Crippen molar-refractivity contribution >= 4 is 27.5 Å². The molecule has 1 aromatic rings. The summed E-state index contributed by atoms with van der Waals surface area (Å²) in [6.07, 6.45) is 1.45. The lowest BCUT2D eigenvalue weighted by Gasteiger charge is -2.21. The summed E-state index contributed by atoms with van der Waals surface area (Å²) in [7, 11) is 1.59. The molecule has 17 heavy (non-hydrogen) atoms. The van der Waals surface area contributed by atoms with E-state index in [4.69, 9.17) is 16.3 Å². The topological polar surface area (TPSA) is 29.5 Å². The van der Waals surface area contributed by atoms with E-state index in [0.717, 1.165) is 22.9 Å². The van der Waals surface area contributed by atoms with Crippen molar-refractivity contribution in [2.75, 3.05) is 7.11 Å². The average molecular weight is 322 g/mol. The Kier molecular flexibility index (Phi) is 5.77. The molecule has 0 heterocycles. The predicted octanol–water partition coefficient (Wildman–Crippen LogP) is 4.58. The van der Waals surface area contributed by atoms with Gasteiger partial charge in [0.1, 0.15) is 5.75 Å². The van der Waals surface area contributed by atoms with Gasteiger partial charge >= 0.3 is 0 Å². The van der Waals surface area contributed by atoms with Crippen LogP contribution in [0, 0.1) is 5.92 Å². The highest BCUT2D eigenvalue weighted by molar-refractivity contribution is 9.10. The lowest BCUT2D eigenvalue weighted by Crippen LogP contribution is -2.10. The molecule has 0 spiro atoms. The summed E-state index contributed by atoms with van der Waals surface area (Å²) >= 11 is 9.40. The number of hydrogen-bond acceptors (Lipinski definition) is 2.